The first-order valence-electron chi connectivity index (χ1n) is 4.04. The van der Waals surface area contributed by atoms with Crippen molar-refractivity contribution in [2.75, 3.05) is 6.61 Å². The van der Waals surface area contributed by atoms with Crippen molar-refractivity contribution in [3.8, 4) is 11.8 Å². The summed E-state index contributed by atoms with van der Waals surface area (Å²) < 4.78 is 12.3. The molecule has 0 bridgehead atoms. The second kappa shape index (κ2) is 5.28. The average Bonchev–Trinajstić information content (AvgIpc) is 2.15. The van der Waals surface area contributed by atoms with E-state index in [4.69, 9.17) is 5.11 Å². The zero-order chi connectivity index (χ0) is 9.52. The Morgan fingerprint density at radius 2 is 2.31 bits per heavy atom. The molecule has 1 heterocycles. The molecule has 0 atom stereocenters. The van der Waals surface area contributed by atoms with Crippen LogP contribution < -0.4 is 0 Å². The Morgan fingerprint density at radius 3 is 2.92 bits per heavy atom. The van der Waals surface area contributed by atoms with Crippen LogP contribution in [-0.2, 0) is 0 Å². The molecule has 0 aliphatic rings. The third-order valence-electron chi connectivity index (χ3n) is 1.42. The number of rotatable bonds is 2. The molecule has 68 valence electrons. The number of unbranched alkanes of at least 4 members (excludes halogenated alkanes) is 1. The highest BCUT2D eigenvalue weighted by Gasteiger charge is 1.89. The van der Waals surface area contributed by atoms with Crippen LogP contribution in [0.3, 0.4) is 0 Å². The van der Waals surface area contributed by atoms with E-state index in [-0.39, 0.29) is 6.61 Å². The minimum atomic E-state index is -0.499. The van der Waals surface area contributed by atoms with Crippen LogP contribution in [0.2, 0.25) is 0 Å². The van der Waals surface area contributed by atoms with Gasteiger partial charge in [-0.25, -0.2) is 4.98 Å². The Bertz CT molecular complexity index is 310. The summed E-state index contributed by atoms with van der Waals surface area (Å²) in [5, 5.41) is 8.47. The molecule has 3 heteroatoms. The zero-order valence-corrected chi connectivity index (χ0v) is 7.13. The third-order valence-corrected chi connectivity index (χ3v) is 1.42. The monoisotopic (exact) mass is 179 g/mol. The Morgan fingerprint density at radius 1 is 1.46 bits per heavy atom. The molecule has 1 rings (SSSR count). The van der Waals surface area contributed by atoms with Gasteiger partial charge in [-0.3, -0.25) is 0 Å². The van der Waals surface area contributed by atoms with Crippen molar-refractivity contribution >= 4 is 0 Å². The minimum Gasteiger partial charge on any atom is -0.396 e. The van der Waals surface area contributed by atoms with Crippen LogP contribution in [-0.4, -0.2) is 16.7 Å². The number of pyridine rings is 1. The van der Waals surface area contributed by atoms with Crippen molar-refractivity contribution in [2.24, 2.45) is 0 Å². The zero-order valence-electron chi connectivity index (χ0n) is 7.13. The molecular formula is C10H10FNO. The fourth-order valence-corrected chi connectivity index (χ4v) is 0.782. The molecule has 0 saturated carbocycles. The molecule has 1 aromatic heterocycles. The van der Waals surface area contributed by atoms with E-state index in [0.717, 1.165) is 0 Å². The number of hydrogen-bond acceptors (Lipinski definition) is 2. The Balaban J connectivity index is 2.52. The van der Waals surface area contributed by atoms with Gasteiger partial charge in [0.05, 0.1) is 0 Å². The van der Waals surface area contributed by atoms with Gasteiger partial charge in [-0.15, -0.1) is 0 Å². The highest BCUT2D eigenvalue weighted by molar-refractivity contribution is 5.31. The van der Waals surface area contributed by atoms with Crippen LogP contribution in [0, 0.1) is 17.8 Å². The van der Waals surface area contributed by atoms with Crippen LogP contribution in [0.15, 0.2) is 18.3 Å². The molecule has 0 radical (unpaired) electrons. The van der Waals surface area contributed by atoms with Gasteiger partial charge in [-0.1, -0.05) is 11.8 Å². The average molecular weight is 179 g/mol. The summed E-state index contributed by atoms with van der Waals surface area (Å²) in [7, 11) is 0. The SMILES string of the molecule is OCCCC#Cc1ccc(F)nc1. The van der Waals surface area contributed by atoms with Crippen molar-refractivity contribution < 1.29 is 9.50 Å². The second-order valence-electron chi connectivity index (χ2n) is 2.50. The normalized spacial score (nSPS) is 9.08. The molecule has 0 fully saturated rings. The van der Waals surface area contributed by atoms with Crippen LogP contribution in [0.5, 0.6) is 0 Å². The van der Waals surface area contributed by atoms with Gasteiger partial charge in [0.15, 0.2) is 0 Å². The molecule has 0 unspecified atom stereocenters. The van der Waals surface area contributed by atoms with Gasteiger partial charge >= 0.3 is 0 Å². The molecule has 13 heavy (non-hydrogen) atoms. The van der Waals surface area contributed by atoms with Gasteiger partial charge in [-0.05, 0) is 18.6 Å². The molecular weight excluding hydrogens is 169 g/mol. The lowest BCUT2D eigenvalue weighted by molar-refractivity contribution is 0.290. The highest BCUT2D eigenvalue weighted by atomic mass is 19.1. The third kappa shape index (κ3) is 3.68. The highest BCUT2D eigenvalue weighted by Crippen LogP contribution is 1.96. The predicted octanol–water partition coefficient (Wildman–Crippen LogP) is 1.34. The Hall–Kier alpha value is -1.40. The van der Waals surface area contributed by atoms with E-state index in [9.17, 15) is 4.39 Å². The lowest BCUT2D eigenvalue weighted by atomic mass is 10.2. The lowest BCUT2D eigenvalue weighted by Crippen LogP contribution is -1.83. The number of aromatic nitrogens is 1. The van der Waals surface area contributed by atoms with Crippen LogP contribution in [0.4, 0.5) is 4.39 Å². The summed E-state index contributed by atoms with van der Waals surface area (Å²) >= 11 is 0. The van der Waals surface area contributed by atoms with E-state index in [2.05, 4.69) is 16.8 Å². The lowest BCUT2D eigenvalue weighted by Gasteiger charge is -1.88. The first kappa shape index (κ1) is 9.69. The fourth-order valence-electron chi connectivity index (χ4n) is 0.782. The number of aliphatic hydroxyl groups excluding tert-OH is 1. The molecule has 0 aliphatic heterocycles. The summed E-state index contributed by atoms with van der Waals surface area (Å²) in [4.78, 5) is 3.46. The standard InChI is InChI=1S/C10H10FNO/c11-10-6-5-9(8-12-10)4-2-1-3-7-13/h5-6,8,13H,1,3,7H2. The summed E-state index contributed by atoms with van der Waals surface area (Å²) in [5.74, 6) is 5.17. The largest absolute Gasteiger partial charge is 0.396 e. The number of hydrogen-bond donors (Lipinski definition) is 1. The molecule has 1 N–H and O–H groups in total. The predicted molar refractivity (Wildman–Crippen MR) is 47.4 cm³/mol. The smallest absolute Gasteiger partial charge is 0.212 e. The van der Waals surface area contributed by atoms with Gasteiger partial charge in [-0.2, -0.15) is 4.39 Å². The topological polar surface area (TPSA) is 33.1 Å². The van der Waals surface area contributed by atoms with Gasteiger partial charge in [0, 0.05) is 24.8 Å². The van der Waals surface area contributed by atoms with E-state index < -0.39 is 5.95 Å². The number of nitrogens with zero attached hydrogens (tertiary/aromatic N) is 1. The van der Waals surface area contributed by atoms with E-state index in [1.54, 1.807) is 6.07 Å². The first-order chi connectivity index (χ1) is 6.33. The first-order valence-corrected chi connectivity index (χ1v) is 4.04. The van der Waals surface area contributed by atoms with Gasteiger partial charge in [0.2, 0.25) is 5.95 Å². The van der Waals surface area contributed by atoms with Crippen LogP contribution in [0.25, 0.3) is 0 Å². The van der Waals surface area contributed by atoms with Crippen molar-refractivity contribution in [2.45, 2.75) is 12.8 Å². The molecule has 0 amide bonds. The summed E-state index contributed by atoms with van der Waals surface area (Å²) in [6.07, 6.45) is 2.71. The maximum absolute atomic E-state index is 12.3. The van der Waals surface area contributed by atoms with Crippen LogP contribution >= 0.6 is 0 Å². The number of aliphatic hydroxyl groups is 1. The molecule has 0 saturated heterocycles. The maximum atomic E-state index is 12.3. The van der Waals surface area contributed by atoms with Crippen molar-refractivity contribution in [3.05, 3.63) is 29.8 Å². The van der Waals surface area contributed by atoms with Crippen molar-refractivity contribution in [3.63, 3.8) is 0 Å². The maximum Gasteiger partial charge on any atom is 0.212 e. The Kier molecular flexibility index (Phi) is 3.94. The van der Waals surface area contributed by atoms with Crippen molar-refractivity contribution in [1.82, 2.24) is 4.98 Å². The summed E-state index contributed by atoms with van der Waals surface area (Å²) in [6, 6.07) is 2.85. The van der Waals surface area contributed by atoms with Gasteiger partial charge in [0.1, 0.15) is 0 Å². The van der Waals surface area contributed by atoms with E-state index in [1.807, 2.05) is 0 Å². The fraction of sp³-hybridized carbons (Fsp3) is 0.300. The van der Waals surface area contributed by atoms with E-state index in [0.29, 0.717) is 18.4 Å². The second-order valence-corrected chi connectivity index (χ2v) is 2.50. The molecule has 2 nitrogen and oxygen atoms in total. The summed E-state index contributed by atoms with van der Waals surface area (Å²) in [5.41, 5.74) is 0.694. The van der Waals surface area contributed by atoms with Crippen molar-refractivity contribution in [1.29, 1.82) is 0 Å². The number of halogens is 1. The molecule has 0 aromatic carbocycles. The minimum absolute atomic E-state index is 0.149. The summed E-state index contributed by atoms with van der Waals surface area (Å²) in [6.45, 7) is 0.149. The molecule has 1 aromatic rings. The molecule has 0 aliphatic carbocycles. The quantitative estimate of drug-likeness (QED) is 0.422. The van der Waals surface area contributed by atoms with Gasteiger partial charge in [0.25, 0.3) is 0 Å². The van der Waals surface area contributed by atoms with Crippen LogP contribution in [0.1, 0.15) is 18.4 Å². The van der Waals surface area contributed by atoms with Gasteiger partial charge < -0.3 is 5.11 Å². The van der Waals surface area contributed by atoms with E-state index >= 15 is 0 Å². The Labute approximate surface area is 76.4 Å². The molecule has 0 spiro atoms. The van der Waals surface area contributed by atoms with E-state index in [1.165, 1.54) is 12.3 Å².